The number of amides is 1. The molecule has 24 heavy (non-hydrogen) atoms. The summed E-state index contributed by atoms with van der Waals surface area (Å²) < 4.78 is 5.61. The number of anilines is 1. The van der Waals surface area contributed by atoms with Crippen LogP contribution in [0.1, 0.15) is 34.8 Å². The van der Waals surface area contributed by atoms with E-state index in [1.807, 2.05) is 49.4 Å². The number of aryl methyl sites for hydroxylation is 2. The lowest BCUT2D eigenvalue weighted by atomic mass is 9.98. The smallest absolute Gasteiger partial charge is 0.264 e. The number of Topliss-reactive ketones (excluding diaryl/α,β-unsaturated/α-hetero) is 1. The van der Waals surface area contributed by atoms with E-state index in [0.29, 0.717) is 17.9 Å². The maximum Gasteiger partial charge on any atom is 0.264 e. The Balaban J connectivity index is 1.75. The van der Waals surface area contributed by atoms with Gasteiger partial charge in [-0.15, -0.1) is 0 Å². The van der Waals surface area contributed by atoms with E-state index in [-0.39, 0.29) is 18.3 Å². The second-order valence-electron chi connectivity index (χ2n) is 6.15. The molecule has 4 nitrogen and oxygen atoms in total. The number of ether oxygens (including phenoxy) is 1. The van der Waals surface area contributed by atoms with Crippen LogP contribution in [-0.4, -0.2) is 24.8 Å². The van der Waals surface area contributed by atoms with Gasteiger partial charge < -0.3 is 9.64 Å². The second-order valence-corrected chi connectivity index (χ2v) is 6.15. The van der Waals surface area contributed by atoms with Gasteiger partial charge in [0.05, 0.1) is 0 Å². The Morgan fingerprint density at radius 3 is 2.58 bits per heavy atom. The SMILES string of the molecule is CC(=O)c1ccc2c(c1)N(C(=O)COc1ccc(C)cc1)CCC2. The fourth-order valence-corrected chi connectivity index (χ4v) is 2.91. The van der Waals surface area contributed by atoms with Gasteiger partial charge in [0.25, 0.3) is 5.91 Å². The zero-order valence-corrected chi connectivity index (χ0v) is 14.0. The van der Waals surface area contributed by atoms with Gasteiger partial charge in [0.1, 0.15) is 5.75 Å². The lowest BCUT2D eigenvalue weighted by Crippen LogP contribution is -2.38. The molecule has 3 rings (SSSR count). The first-order valence-electron chi connectivity index (χ1n) is 8.18. The second kappa shape index (κ2) is 6.87. The molecule has 0 spiro atoms. The van der Waals surface area contributed by atoms with Crippen LogP contribution >= 0.6 is 0 Å². The molecule has 2 aromatic rings. The number of rotatable bonds is 4. The van der Waals surface area contributed by atoms with Crippen molar-refractivity contribution in [3.63, 3.8) is 0 Å². The normalized spacial score (nSPS) is 13.3. The molecule has 1 heterocycles. The summed E-state index contributed by atoms with van der Waals surface area (Å²) in [4.78, 5) is 26.0. The zero-order valence-electron chi connectivity index (χ0n) is 14.0. The number of hydrogen-bond acceptors (Lipinski definition) is 3. The molecule has 0 saturated carbocycles. The van der Waals surface area contributed by atoms with E-state index in [0.717, 1.165) is 29.7 Å². The topological polar surface area (TPSA) is 46.6 Å². The Labute approximate surface area is 142 Å². The third-order valence-electron chi connectivity index (χ3n) is 4.29. The third kappa shape index (κ3) is 3.48. The average molecular weight is 323 g/mol. The van der Waals surface area contributed by atoms with Crippen molar-refractivity contribution in [3.05, 3.63) is 59.2 Å². The zero-order chi connectivity index (χ0) is 17.1. The van der Waals surface area contributed by atoms with Gasteiger partial charge in [0.2, 0.25) is 0 Å². The average Bonchev–Trinajstić information content (AvgIpc) is 2.60. The van der Waals surface area contributed by atoms with Crippen molar-refractivity contribution < 1.29 is 14.3 Å². The van der Waals surface area contributed by atoms with Crippen molar-refractivity contribution >= 4 is 17.4 Å². The summed E-state index contributed by atoms with van der Waals surface area (Å²) in [6.45, 7) is 4.20. The third-order valence-corrected chi connectivity index (χ3v) is 4.29. The fraction of sp³-hybridized carbons (Fsp3) is 0.300. The van der Waals surface area contributed by atoms with E-state index in [1.165, 1.54) is 6.92 Å². The van der Waals surface area contributed by atoms with Gasteiger partial charge in [-0.2, -0.15) is 0 Å². The summed E-state index contributed by atoms with van der Waals surface area (Å²) in [5, 5.41) is 0. The highest BCUT2D eigenvalue weighted by Crippen LogP contribution is 2.28. The Hall–Kier alpha value is -2.62. The van der Waals surface area contributed by atoms with Gasteiger partial charge in [-0.3, -0.25) is 9.59 Å². The largest absolute Gasteiger partial charge is 0.484 e. The van der Waals surface area contributed by atoms with E-state index in [2.05, 4.69) is 0 Å². The van der Waals surface area contributed by atoms with Crippen molar-refractivity contribution in [2.45, 2.75) is 26.7 Å². The standard InChI is InChI=1S/C20H21NO3/c1-14-5-9-18(10-6-14)24-13-20(23)21-11-3-4-16-7-8-17(15(2)22)12-19(16)21/h5-10,12H,3-4,11,13H2,1-2H3. The van der Waals surface area contributed by atoms with Crippen molar-refractivity contribution in [1.29, 1.82) is 0 Å². The molecule has 1 aliphatic rings. The number of carbonyl (C=O) groups is 2. The minimum atomic E-state index is -0.0859. The van der Waals surface area contributed by atoms with Crippen LogP contribution in [0.3, 0.4) is 0 Å². The van der Waals surface area contributed by atoms with Crippen LogP contribution in [0, 0.1) is 6.92 Å². The van der Waals surface area contributed by atoms with Crippen LogP contribution in [-0.2, 0) is 11.2 Å². The van der Waals surface area contributed by atoms with Gasteiger partial charge in [0.15, 0.2) is 12.4 Å². The molecule has 0 aliphatic carbocycles. The summed E-state index contributed by atoms with van der Waals surface area (Å²) >= 11 is 0. The van der Waals surface area contributed by atoms with Crippen molar-refractivity contribution in [3.8, 4) is 5.75 Å². The van der Waals surface area contributed by atoms with Crippen LogP contribution < -0.4 is 9.64 Å². The van der Waals surface area contributed by atoms with Gasteiger partial charge in [0, 0.05) is 17.8 Å². The molecule has 1 amide bonds. The van der Waals surface area contributed by atoms with Crippen LogP contribution in [0.25, 0.3) is 0 Å². The summed E-state index contributed by atoms with van der Waals surface area (Å²) in [5.41, 5.74) is 3.73. The molecular weight excluding hydrogens is 302 g/mol. The molecule has 0 atom stereocenters. The maximum atomic E-state index is 12.6. The molecule has 2 aromatic carbocycles. The number of fused-ring (bicyclic) bond motifs is 1. The first-order chi connectivity index (χ1) is 11.5. The highest BCUT2D eigenvalue weighted by Gasteiger charge is 2.23. The predicted molar refractivity (Wildman–Crippen MR) is 93.8 cm³/mol. The molecule has 0 unspecified atom stereocenters. The van der Waals surface area contributed by atoms with Crippen molar-refractivity contribution in [2.75, 3.05) is 18.1 Å². The highest BCUT2D eigenvalue weighted by molar-refractivity contribution is 5.99. The van der Waals surface area contributed by atoms with Crippen LogP contribution in [0.4, 0.5) is 5.69 Å². The van der Waals surface area contributed by atoms with E-state index in [1.54, 1.807) is 4.90 Å². The van der Waals surface area contributed by atoms with Crippen LogP contribution in [0.15, 0.2) is 42.5 Å². The summed E-state index contributed by atoms with van der Waals surface area (Å²) in [7, 11) is 0. The first kappa shape index (κ1) is 16.2. The molecule has 1 aliphatic heterocycles. The van der Waals surface area contributed by atoms with E-state index in [9.17, 15) is 9.59 Å². The predicted octanol–water partition coefficient (Wildman–Crippen LogP) is 3.56. The number of benzene rings is 2. The van der Waals surface area contributed by atoms with Gasteiger partial charge >= 0.3 is 0 Å². The molecule has 4 heteroatoms. The van der Waals surface area contributed by atoms with Crippen molar-refractivity contribution in [1.82, 2.24) is 0 Å². The molecule has 124 valence electrons. The van der Waals surface area contributed by atoms with E-state index >= 15 is 0 Å². The minimum Gasteiger partial charge on any atom is -0.484 e. The van der Waals surface area contributed by atoms with E-state index in [4.69, 9.17) is 4.74 Å². The van der Waals surface area contributed by atoms with E-state index < -0.39 is 0 Å². The van der Waals surface area contributed by atoms with Crippen molar-refractivity contribution in [2.24, 2.45) is 0 Å². The quantitative estimate of drug-likeness (QED) is 0.808. The molecule has 0 N–H and O–H groups in total. The molecule has 0 radical (unpaired) electrons. The van der Waals surface area contributed by atoms with Crippen LogP contribution in [0.5, 0.6) is 5.75 Å². The Kier molecular flexibility index (Phi) is 4.65. The molecule has 0 saturated heterocycles. The Morgan fingerprint density at radius 2 is 1.88 bits per heavy atom. The summed E-state index contributed by atoms with van der Waals surface area (Å²) in [6, 6.07) is 13.2. The molecule has 0 aromatic heterocycles. The number of hydrogen-bond donors (Lipinski definition) is 0. The number of carbonyl (C=O) groups excluding carboxylic acids is 2. The van der Waals surface area contributed by atoms with Crippen LogP contribution in [0.2, 0.25) is 0 Å². The number of nitrogens with zero attached hydrogens (tertiary/aromatic N) is 1. The monoisotopic (exact) mass is 323 g/mol. The molecular formula is C20H21NO3. The lowest BCUT2D eigenvalue weighted by Gasteiger charge is -2.29. The fourth-order valence-electron chi connectivity index (χ4n) is 2.91. The summed E-state index contributed by atoms with van der Waals surface area (Å²) in [6.07, 6.45) is 1.85. The Morgan fingerprint density at radius 1 is 1.12 bits per heavy atom. The maximum absolute atomic E-state index is 12.6. The number of ketones is 1. The van der Waals surface area contributed by atoms with Gasteiger partial charge in [-0.1, -0.05) is 29.8 Å². The summed E-state index contributed by atoms with van der Waals surface area (Å²) in [5.74, 6) is 0.604. The molecule has 0 bridgehead atoms. The lowest BCUT2D eigenvalue weighted by molar-refractivity contribution is -0.120. The minimum absolute atomic E-state index is 0.00618. The molecule has 0 fully saturated rings. The first-order valence-corrected chi connectivity index (χ1v) is 8.18. The van der Waals surface area contributed by atoms with Gasteiger partial charge in [-0.05, 0) is 50.5 Å². The van der Waals surface area contributed by atoms with Gasteiger partial charge in [-0.25, -0.2) is 0 Å². The Bertz CT molecular complexity index is 765. The highest BCUT2D eigenvalue weighted by atomic mass is 16.5.